The van der Waals surface area contributed by atoms with E-state index in [2.05, 4.69) is 32.0 Å². The number of phenolic OH excluding ortho intramolecular Hbond substituents is 1. The molecule has 210 valence electrons. The fourth-order valence-electron chi connectivity index (χ4n) is 6.33. The maximum Gasteiger partial charge on any atom is 0.343 e. The largest absolute Gasteiger partial charge is 0.508 e. The van der Waals surface area contributed by atoms with E-state index in [0.29, 0.717) is 16.9 Å². The van der Waals surface area contributed by atoms with Gasteiger partial charge in [0.05, 0.1) is 5.56 Å². The summed E-state index contributed by atoms with van der Waals surface area (Å²) in [4.78, 5) is 24.5. The Labute approximate surface area is 243 Å². The molecule has 1 aliphatic rings. The molecule has 0 unspecified atom stereocenters. The lowest BCUT2D eigenvalue weighted by atomic mass is 9.65. The Kier molecular flexibility index (Phi) is 7.86. The molecule has 41 heavy (non-hydrogen) atoms. The molecule has 5 rings (SSSR count). The van der Waals surface area contributed by atoms with Crippen LogP contribution >= 0.6 is 0 Å². The predicted molar refractivity (Wildman–Crippen MR) is 163 cm³/mol. The summed E-state index contributed by atoms with van der Waals surface area (Å²) < 4.78 is 5.82. The minimum atomic E-state index is -0.378. The summed E-state index contributed by atoms with van der Waals surface area (Å²) >= 11 is 0. The molecule has 1 fully saturated rings. The van der Waals surface area contributed by atoms with Crippen LogP contribution in [0.2, 0.25) is 0 Å². The number of carbonyl (C=O) groups excluding carboxylic acids is 2. The zero-order valence-corrected chi connectivity index (χ0v) is 24.4. The van der Waals surface area contributed by atoms with Gasteiger partial charge in [-0.05, 0) is 90.4 Å². The Bertz CT molecular complexity index is 1560. The summed E-state index contributed by atoms with van der Waals surface area (Å²) in [6.45, 7) is 8.18. The lowest BCUT2D eigenvalue weighted by molar-refractivity contribution is 0.0733. The van der Waals surface area contributed by atoms with Crippen LogP contribution in [0.4, 0.5) is 0 Å². The number of aldehydes is 1. The molecular weight excluding hydrogens is 508 g/mol. The van der Waals surface area contributed by atoms with Crippen molar-refractivity contribution in [2.45, 2.75) is 70.6 Å². The number of rotatable bonds is 7. The van der Waals surface area contributed by atoms with E-state index in [4.69, 9.17) is 4.74 Å². The molecule has 1 N–H and O–H groups in total. The average Bonchev–Trinajstić information content (AvgIpc) is 2.98. The van der Waals surface area contributed by atoms with E-state index in [1.165, 1.54) is 17.5 Å². The molecule has 0 aromatic heterocycles. The van der Waals surface area contributed by atoms with Crippen molar-refractivity contribution < 1.29 is 19.4 Å². The maximum absolute atomic E-state index is 13.2. The van der Waals surface area contributed by atoms with Gasteiger partial charge >= 0.3 is 5.97 Å². The van der Waals surface area contributed by atoms with Gasteiger partial charge in [-0.15, -0.1) is 0 Å². The molecule has 1 aliphatic carbocycles. The Morgan fingerprint density at radius 3 is 1.90 bits per heavy atom. The van der Waals surface area contributed by atoms with Crippen molar-refractivity contribution in [1.29, 1.82) is 0 Å². The molecule has 4 heteroatoms. The van der Waals surface area contributed by atoms with Crippen molar-refractivity contribution in [1.82, 2.24) is 0 Å². The second-order valence-electron chi connectivity index (χ2n) is 11.9. The van der Waals surface area contributed by atoms with E-state index in [9.17, 15) is 14.7 Å². The van der Waals surface area contributed by atoms with Gasteiger partial charge in [-0.1, -0.05) is 87.7 Å². The van der Waals surface area contributed by atoms with Gasteiger partial charge in [0.2, 0.25) is 0 Å². The first-order chi connectivity index (χ1) is 19.6. The van der Waals surface area contributed by atoms with Crippen LogP contribution in [0.5, 0.6) is 11.5 Å². The minimum absolute atomic E-state index is 0.0974. The molecule has 0 saturated heterocycles. The van der Waals surface area contributed by atoms with Gasteiger partial charge < -0.3 is 9.84 Å². The van der Waals surface area contributed by atoms with Crippen molar-refractivity contribution in [3.05, 3.63) is 129 Å². The minimum Gasteiger partial charge on any atom is -0.508 e. The number of hydrogen-bond donors (Lipinski definition) is 1. The first-order valence-electron chi connectivity index (χ1n) is 14.4. The summed E-state index contributed by atoms with van der Waals surface area (Å²) in [5.74, 6) is 0.416. The van der Waals surface area contributed by atoms with E-state index >= 15 is 0 Å². The highest BCUT2D eigenvalue weighted by molar-refractivity contribution is 5.92. The highest BCUT2D eigenvalue weighted by atomic mass is 16.5. The number of ether oxygens (including phenoxy) is 1. The van der Waals surface area contributed by atoms with Gasteiger partial charge in [0, 0.05) is 16.4 Å². The van der Waals surface area contributed by atoms with Crippen molar-refractivity contribution in [2.24, 2.45) is 0 Å². The Balaban J connectivity index is 1.35. The zero-order chi connectivity index (χ0) is 29.2. The quantitative estimate of drug-likeness (QED) is 0.143. The average molecular weight is 547 g/mol. The molecule has 0 bridgehead atoms. The summed E-state index contributed by atoms with van der Waals surface area (Å²) in [7, 11) is 0. The van der Waals surface area contributed by atoms with Crippen LogP contribution in [0.15, 0.2) is 84.9 Å². The van der Waals surface area contributed by atoms with E-state index in [1.807, 2.05) is 68.4 Å². The molecule has 1 saturated carbocycles. The third kappa shape index (κ3) is 5.56. The topological polar surface area (TPSA) is 63.6 Å². The first kappa shape index (κ1) is 28.4. The summed E-state index contributed by atoms with van der Waals surface area (Å²) in [6, 6.07) is 27.3. The number of esters is 1. The number of benzene rings is 4. The SMILES string of the molecule is Cc1cc(C(C)(C)c2ccc(C(=O)Oc3ccc(C4(c5ccc(O)cc5)CCCCC4)cc3)c(C)c2)ccc1C=O. The third-order valence-electron chi connectivity index (χ3n) is 9.03. The van der Waals surface area contributed by atoms with E-state index in [1.54, 1.807) is 12.1 Å². The van der Waals surface area contributed by atoms with Crippen LogP contribution in [0.25, 0.3) is 0 Å². The molecule has 0 amide bonds. The summed E-state index contributed by atoms with van der Waals surface area (Å²) in [5.41, 5.74) is 7.25. The predicted octanol–water partition coefficient (Wildman–Crippen LogP) is 8.62. The lowest BCUT2D eigenvalue weighted by Crippen LogP contribution is -2.30. The van der Waals surface area contributed by atoms with E-state index in [-0.39, 0.29) is 22.5 Å². The lowest BCUT2D eigenvalue weighted by Gasteiger charge is -2.38. The van der Waals surface area contributed by atoms with Crippen LogP contribution in [0.1, 0.15) is 100 Å². The molecule has 0 atom stereocenters. The van der Waals surface area contributed by atoms with Gasteiger partial charge in [0.15, 0.2) is 0 Å². The third-order valence-corrected chi connectivity index (χ3v) is 9.03. The molecular formula is C37H38O4. The maximum atomic E-state index is 13.2. The van der Waals surface area contributed by atoms with E-state index < -0.39 is 0 Å². The highest BCUT2D eigenvalue weighted by Crippen LogP contribution is 2.45. The van der Waals surface area contributed by atoms with E-state index in [0.717, 1.165) is 54.2 Å². The number of carbonyl (C=O) groups is 2. The first-order valence-corrected chi connectivity index (χ1v) is 14.4. The van der Waals surface area contributed by atoms with Crippen molar-refractivity contribution in [3.8, 4) is 11.5 Å². The van der Waals surface area contributed by atoms with Gasteiger partial charge in [0.1, 0.15) is 17.8 Å². The van der Waals surface area contributed by atoms with Crippen LogP contribution in [-0.4, -0.2) is 17.4 Å². The molecule has 0 heterocycles. The fourth-order valence-corrected chi connectivity index (χ4v) is 6.33. The monoisotopic (exact) mass is 546 g/mol. The van der Waals surface area contributed by atoms with Crippen molar-refractivity contribution in [2.75, 3.05) is 0 Å². The smallest absolute Gasteiger partial charge is 0.343 e. The van der Waals surface area contributed by atoms with Crippen LogP contribution in [0, 0.1) is 13.8 Å². The number of aromatic hydroxyl groups is 1. The Morgan fingerprint density at radius 1 is 0.780 bits per heavy atom. The van der Waals surface area contributed by atoms with Crippen molar-refractivity contribution >= 4 is 12.3 Å². The zero-order valence-electron chi connectivity index (χ0n) is 24.4. The van der Waals surface area contributed by atoms with Gasteiger partial charge in [-0.25, -0.2) is 4.79 Å². The van der Waals surface area contributed by atoms with Crippen LogP contribution in [-0.2, 0) is 10.8 Å². The molecule has 0 radical (unpaired) electrons. The molecule has 4 aromatic carbocycles. The Hall–Kier alpha value is -4.18. The highest BCUT2D eigenvalue weighted by Gasteiger charge is 2.35. The van der Waals surface area contributed by atoms with Gasteiger partial charge in [-0.3, -0.25) is 4.79 Å². The second-order valence-corrected chi connectivity index (χ2v) is 11.9. The van der Waals surface area contributed by atoms with Gasteiger partial charge in [0.25, 0.3) is 0 Å². The number of hydrogen-bond acceptors (Lipinski definition) is 4. The van der Waals surface area contributed by atoms with Crippen LogP contribution in [0.3, 0.4) is 0 Å². The van der Waals surface area contributed by atoms with Crippen molar-refractivity contribution in [3.63, 3.8) is 0 Å². The molecule has 0 spiro atoms. The Morgan fingerprint density at radius 2 is 1.34 bits per heavy atom. The normalized spacial score (nSPS) is 14.8. The second kappa shape index (κ2) is 11.4. The fraction of sp³-hybridized carbons (Fsp3) is 0.297. The van der Waals surface area contributed by atoms with Gasteiger partial charge in [-0.2, -0.15) is 0 Å². The summed E-state index contributed by atoms with van der Waals surface area (Å²) in [5, 5.41) is 9.82. The number of aryl methyl sites for hydroxylation is 2. The van der Waals surface area contributed by atoms with Crippen LogP contribution < -0.4 is 4.74 Å². The summed E-state index contributed by atoms with van der Waals surface area (Å²) in [6.07, 6.45) is 6.55. The molecule has 4 aromatic rings. The molecule has 4 nitrogen and oxygen atoms in total. The molecule has 0 aliphatic heterocycles. The number of phenols is 1. The standard InChI is InChI=1S/C37H38O4/c1-25-22-30(9-8-27(25)24-38)36(3,4)31-14-19-34(26(2)23-31)35(40)41-33-17-12-29(13-18-33)37(20-6-5-7-21-37)28-10-15-32(39)16-11-28/h8-19,22-24,39H,5-7,20-21H2,1-4H3.